The number of benzene rings is 5. The lowest BCUT2D eigenvalue weighted by Gasteiger charge is -2.71. The first kappa shape index (κ1) is 121. The quantitative estimate of drug-likeness (QED) is 0.0133. The van der Waals surface area contributed by atoms with Gasteiger partial charge in [0.2, 0.25) is 0 Å². The number of halogens is 8. The van der Waals surface area contributed by atoms with Crippen molar-refractivity contribution < 1.29 is 166 Å². The van der Waals surface area contributed by atoms with Crippen LogP contribution in [0.15, 0.2) is 109 Å². The number of fused-ring (bicyclic) bond motifs is 3. The molecule has 0 amide bonds. The van der Waals surface area contributed by atoms with Gasteiger partial charge in [-0.15, -0.1) is 0 Å². The van der Waals surface area contributed by atoms with E-state index in [0.717, 1.165) is 150 Å². The Balaban J connectivity index is 0.000000178. The van der Waals surface area contributed by atoms with Crippen LogP contribution < -0.4 is 0 Å². The standard InChI is InChI=1S/2C24H36F2O7S.C14H10.C10H8.4C6H12O.2C5H8F2O5S/c1-16(24(25,26)34(30,31)32)33-18(27)19-10-17-11-20(13-19,22(28)6-2-3-7-22)15-21(12-17,14-19)23(29)8-4-5-9-23;1-15(24(25,26)34(30,31)32)33-19(27)18-17-10-16-11-20(13-17,22(28)6-2-3-7-22)14-21(18,12-16)23(29)8-4-5-9-23;1-2-6-12-10-14-8-4-3-7-13(14)9-11(12)5-1;1-2-6-10-8-4-3-7-9(10)5-1;4*1-6(7)4-2-3-5-6;2*1-3(12-4(2)8)5(6,7)13(9,10)11/h16-17,28-29H,2-15H2,1H3,(H,30,31,32);15-18,28-29H,2-14H2,1H3,(H,30,31,32);1-10H;1-8H;4*7H,2-5H2,1H3;2*3H,1-2H3,(H,9,10,11)/p-4. The van der Waals surface area contributed by atoms with Gasteiger partial charge in [-0.25, -0.2) is 33.7 Å². The zero-order chi connectivity index (χ0) is 109. The second-order valence-electron chi connectivity index (χ2n) is 45.8. The van der Waals surface area contributed by atoms with Crippen molar-refractivity contribution in [2.24, 2.45) is 50.7 Å². The summed E-state index contributed by atoms with van der Waals surface area (Å²) in [7, 11) is -23.6. The van der Waals surface area contributed by atoms with E-state index in [1.807, 2.05) is 27.7 Å². The lowest BCUT2D eigenvalue weighted by atomic mass is 9.34. The van der Waals surface area contributed by atoms with Gasteiger partial charge in [-0.2, -0.15) is 35.1 Å². The van der Waals surface area contributed by atoms with Crippen LogP contribution in [0.5, 0.6) is 0 Å². The Bertz CT molecular complexity index is 5400. The molecule has 21 rings (SSSR count). The van der Waals surface area contributed by atoms with E-state index < -0.39 is 165 Å². The molecule has 8 bridgehead atoms. The summed E-state index contributed by atoms with van der Waals surface area (Å²) in [6.45, 7) is 12.0. The zero-order valence-corrected chi connectivity index (χ0v) is 88.6. The molecule has 16 aliphatic rings. The topological polar surface area (TPSA) is 496 Å². The smallest absolute Gasteiger partial charge is 0.369 e. The number of ether oxygens (including phenoxy) is 4. The minimum Gasteiger partial charge on any atom is -0.743 e. The van der Waals surface area contributed by atoms with Crippen molar-refractivity contribution >= 4 is 96.7 Å². The van der Waals surface area contributed by atoms with E-state index in [9.17, 15) is 147 Å². The maximum atomic E-state index is 14.2. The number of esters is 4. The Morgan fingerprint density at radius 3 is 0.836 bits per heavy atom. The summed E-state index contributed by atoms with van der Waals surface area (Å²) in [5, 5.41) is 73.4. The predicted octanol–water partition coefficient (Wildman–Crippen LogP) is 19.3. The monoisotopic (exact) mass is 2150 g/mol. The van der Waals surface area contributed by atoms with Gasteiger partial charge >= 0.3 is 44.9 Å². The van der Waals surface area contributed by atoms with Crippen molar-refractivity contribution in [2.45, 2.75) is 436 Å². The molecule has 0 saturated heterocycles. The molecule has 0 aliphatic heterocycles. The van der Waals surface area contributed by atoms with Crippen molar-refractivity contribution in [3.8, 4) is 0 Å². The normalized spacial score (nSPS) is 29.2. The van der Waals surface area contributed by atoms with Crippen LogP contribution in [0.3, 0.4) is 0 Å². The Morgan fingerprint density at radius 1 is 0.322 bits per heavy atom. The Kier molecular flexibility index (Phi) is 38.3. The zero-order valence-electron chi connectivity index (χ0n) is 85.3. The minimum absolute atomic E-state index is 0.0390. The van der Waals surface area contributed by atoms with E-state index >= 15 is 0 Å². The molecule has 40 heteroatoms. The highest BCUT2D eigenvalue weighted by atomic mass is 32.2. The molecule has 11 atom stereocenters. The average Bonchev–Trinajstić information content (AvgIpc) is 1.17. The number of hydrogen-bond donors (Lipinski definition) is 8. The van der Waals surface area contributed by atoms with Crippen LogP contribution in [0, 0.1) is 50.7 Å². The highest BCUT2D eigenvalue weighted by Gasteiger charge is 2.77. The molecule has 826 valence electrons. The predicted molar refractivity (Wildman–Crippen MR) is 524 cm³/mol. The van der Waals surface area contributed by atoms with Crippen molar-refractivity contribution in [3.05, 3.63) is 109 Å². The number of hydrogen-bond acceptors (Lipinski definition) is 28. The van der Waals surface area contributed by atoms with Crippen LogP contribution in [0.2, 0.25) is 0 Å². The lowest BCUT2D eigenvalue weighted by Crippen LogP contribution is -2.70. The van der Waals surface area contributed by atoms with Gasteiger partial charge in [0.25, 0.3) is 0 Å². The third-order valence-corrected chi connectivity index (χ3v) is 38.2. The molecule has 5 aromatic rings. The molecule has 16 fully saturated rings. The van der Waals surface area contributed by atoms with Gasteiger partial charge in [0.1, 0.15) is 0 Å². The molecule has 0 spiro atoms. The number of carbonyl (C=O) groups excluding carboxylic acids is 4. The van der Waals surface area contributed by atoms with Crippen LogP contribution in [-0.2, 0) is 78.6 Å². The average molecular weight is 2150 g/mol. The minimum atomic E-state index is -6.01. The van der Waals surface area contributed by atoms with Gasteiger partial charge in [-0.1, -0.05) is 200 Å². The number of alkyl halides is 8. The first-order chi connectivity index (χ1) is 67.2. The van der Waals surface area contributed by atoms with Gasteiger partial charge in [-0.3, -0.25) is 19.2 Å². The summed E-state index contributed by atoms with van der Waals surface area (Å²) in [5.41, 5.74) is -8.94. The molecular formula is C106H150F8O28S4-4. The van der Waals surface area contributed by atoms with Crippen molar-refractivity contribution in [1.82, 2.24) is 0 Å². The fraction of sp³-hybridized carbons (Fsp3) is 0.736. The summed E-state index contributed by atoms with van der Waals surface area (Å²) in [6, 6.07) is 38.1. The molecule has 16 saturated carbocycles. The van der Waals surface area contributed by atoms with Gasteiger partial charge < -0.3 is 78.0 Å². The van der Waals surface area contributed by atoms with Gasteiger partial charge in [0.15, 0.2) is 64.9 Å². The van der Waals surface area contributed by atoms with Crippen LogP contribution in [0.1, 0.15) is 345 Å². The van der Waals surface area contributed by atoms with E-state index in [1.165, 1.54) is 83.7 Å². The van der Waals surface area contributed by atoms with Crippen LogP contribution in [-0.4, -0.2) is 207 Å². The molecule has 16 aliphatic carbocycles. The second-order valence-corrected chi connectivity index (χ2v) is 51.6. The van der Waals surface area contributed by atoms with E-state index in [0.29, 0.717) is 104 Å². The number of carbonyl (C=O) groups is 4. The Hall–Kier alpha value is -6.48. The highest BCUT2D eigenvalue weighted by molar-refractivity contribution is 7.87. The van der Waals surface area contributed by atoms with E-state index in [1.54, 1.807) is 0 Å². The SMILES string of the molecule is CC(=O)OC(C)C(F)(F)S(=O)(=O)[O-].CC(=O)OC(C)C(F)(F)S(=O)(=O)[O-].CC(OC(=O)C12CC3CC(C4(O)CCCC4)(C1)CC(C1(O)CCCC1)(C3)C2)C(F)(F)S(=O)(=O)[O-].CC(OC(=O)C1C2CC3CC(C4(O)CCCC4)(C2)CC1(C1(O)CCCC1)C3)C(F)(F)S(=O)(=O)[O-].CC1(O)CCCC1.CC1(O)CCCC1.CC1(O)CCCC1.CC1(O)CCCC1.c1ccc2cc3ccccc3cc2c1.c1ccc2ccccc2c1. The Labute approximate surface area is 853 Å². The van der Waals surface area contributed by atoms with Crippen molar-refractivity contribution in [1.29, 1.82) is 0 Å². The molecule has 5 aromatic carbocycles. The third kappa shape index (κ3) is 27.8. The highest BCUT2D eigenvalue weighted by Crippen LogP contribution is 2.79. The van der Waals surface area contributed by atoms with Crippen molar-refractivity contribution in [3.63, 3.8) is 0 Å². The summed E-state index contributed by atoms with van der Waals surface area (Å²) in [4.78, 5) is 47.4. The molecule has 28 nitrogen and oxygen atoms in total. The first-order valence-corrected chi connectivity index (χ1v) is 57.0. The van der Waals surface area contributed by atoms with E-state index in [4.69, 9.17) is 9.47 Å². The fourth-order valence-electron chi connectivity index (χ4n) is 27.1. The van der Waals surface area contributed by atoms with E-state index in [2.05, 4.69) is 119 Å². The Morgan fingerprint density at radius 2 is 0.568 bits per heavy atom. The summed E-state index contributed by atoms with van der Waals surface area (Å²) >= 11 is 0. The largest absolute Gasteiger partial charge is 0.743 e. The number of aliphatic hydroxyl groups is 8. The van der Waals surface area contributed by atoms with Crippen LogP contribution >= 0.6 is 0 Å². The van der Waals surface area contributed by atoms with Gasteiger partial charge in [0, 0.05) is 35.5 Å². The summed E-state index contributed by atoms with van der Waals surface area (Å²) in [5.74, 6) is -4.89. The maximum Gasteiger partial charge on any atom is 0.369 e. The van der Waals surface area contributed by atoms with E-state index in [-0.39, 0.29) is 53.0 Å². The molecule has 11 unspecified atom stereocenters. The fourth-order valence-corrected chi connectivity index (χ4v) is 28.9. The lowest BCUT2D eigenvalue weighted by molar-refractivity contribution is -0.278. The van der Waals surface area contributed by atoms with Crippen molar-refractivity contribution in [2.75, 3.05) is 0 Å². The first-order valence-electron chi connectivity index (χ1n) is 51.4. The molecular weight excluding hydrogens is 2000 g/mol. The van der Waals surface area contributed by atoms with Crippen LogP contribution in [0.25, 0.3) is 32.3 Å². The van der Waals surface area contributed by atoms with Gasteiger partial charge in [-0.05, 0) is 291 Å². The molecule has 146 heavy (non-hydrogen) atoms. The molecule has 8 N–H and O–H groups in total. The summed E-state index contributed by atoms with van der Waals surface area (Å²) < 4.78 is 251. The van der Waals surface area contributed by atoms with Gasteiger partial charge in [0.05, 0.1) is 56.1 Å². The second kappa shape index (κ2) is 46.0. The number of rotatable bonds is 18. The summed E-state index contributed by atoms with van der Waals surface area (Å²) in [6.07, 6.45) is 26.4. The molecule has 0 radical (unpaired) electrons. The van der Waals surface area contributed by atoms with Crippen LogP contribution in [0.4, 0.5) is 35.1 Å². The molecule has 0 heterocycles. The maximum absolute atomic E-state index is 14.2. The molecule has 0 aromatic heterocycles. The third-order valence-electron chi connectivity index (χ3n) is 34.2.